The summed E-state index contributed by atoms with van der Waals surface area (Å²) >= 11 is 4.45. The van der Waals surface area contributed by atoms with E-state index in [1.807, 2.05) is 0 Å². The van der Waals surface area contributed by atoms with Gasteiger partial charge in [0, 0.05) is 80.6 Å². The minimum absolute atomic E-state index is 0. The number of thiol groups is 1. The Balaban J connectivity index is 0.000000719. The van der Waals surface area contributed by atoms with E-state index >= 15 is 0 Å². The first-order chi connectivity index (χ1) is 21.0. The molecule has 6 saturated heterocycles. The number of ether oxygens (including phenoxy) is 9. The van der Waals surface area contributed by atoms with Crippen molar-refractivity contribution in [2.24, 2.45) is 11.8 Å². The molecule has 0 aromatic rings. The van der Waals surface area contributed by atoms with Crippen LogP contribution in [0.4, 0.5) is 0 Å². The second-order valence-corrected chi connectivity index (χ2v) is 11.8. The van der Waals surface area contributed by atoms with Crippen LogP contribution in [-0.2, 0) is 42.6 Å². The third-order valence-electron chi connectivity index (χ3n) is 8.77. The monoisotopic (exact) mass is 899 g/mol. The Labute approximate surface area is 267 Å². The maximum atomic E-state index is 7.00. The molecule has 6 aliphatic heterocycles. The smallest absolute Gasteiger partial charge is 0.112 e. The molecule has 0 aromatic carbocycles. The van der Waals surface area contributed by atoms with Crippen LogP contribution in [0.2, 0.25) is 0 Å². The summed E-state index contributed by atoms with van der Waals surface area (Å²) < 4.78 is 50.9. The molecule has 1 N–H and O–H groups in total. The van der Waals surface area contributed by atoms with Gasteiger partial charge in [0.05, 0.1) is 37.6 Å². The van der Waals surface area contributed by atoms with Gasteiger partial charge in [-0.2, -0.15) is 12.6 Å². The zero-order valence-electron chi connectivity index (χ0n) is 28.5. The molecule has 0 spiro atoms. The fraction of sp³-hybridized carbons (Fsp3) is 1.00. The van der Waals surface area contributed by atoms with Crippen molar-refractivity contribution in [1.29, 1.82) is 0 Å². The standard InChI is InChI=1S/C15H28O4.C14H26O4S.C2H6O.CH4O.Md/c1-4-12-11-8-6-5-7-9-18-10-13(19-12)15(17-3)14(11)16-2;1-15-13-10-6-4-3-5-7-17-8-11(14(13)16-2)18-12(10)9-19;1-3-2;1-2;/h11-15H,4-10H2,1-3H3;10-14,19H,3-9H2,1-2H3;1-2H3;2H,1H3;. The number of methoxy groups -OCH3 is 5. The van der Waals surface area contributed by atoms with Gasteiger partial charge >= 0.3 is 0 Å². The maximum absolute atomic E-state index is 7.00. The topological polar surface area (TPSA) is 103 Å². The van der Waals surface area contributed by atoms with Crippen LogP contribution < -0.4 is 0 Å². The largest absolute Gasteiger partial charge is 0.400 e. The molecule has 10 nitrogen and oxygen atoms in total. The summed E-state index contributed by atoms with van der Waals surface area (Å²) in [6.45, 7) is 5.02. The third-order valence-corrected chi connectivity index (χ3v) is 9.13. The van der Waals surface area contributed by atoms with E-state index in [0.29, 0.717) is 25.0 Å². The Hall–Kier alpha value is -1.05. The molecule has 12 heteroatoms. The average Bonchev–Trinajstić information content (AvgIpc) is 3.16. The average molecular weight is 899 g/mol. The summed E-state index contributed by atoms with van der Waals surface area (Å²) in [5, 5.41) is 7.00. The van der Waals surface area contributed by atoms with Gasteiger partial charge in [-0.15, -0.1) is 0 Å². The predicted octanol–water partition coefficient (Wildman–Crippen LogP) is 4.19. The van der Waals surface area contributed by atoms with Crippen LogP contribution in [0.25, 0.3) is 0 Å². The SMILES string of the molecule is CCC1OC2COCCCCCC1C(OC)C2OC.CO.COC.COC1C2COCCCCCC(C(CS)O2)C1OC.[Md]. The molecule has 6 heterocycles. The Kier molecular flexibility index (Phi) is 25.4. The maximum Gasteiger partial charge on any atom is 0.112 e. The molecule has 6 fully saturated rings. The predicted molar refractivity (Wildman–Crippen MR) is 171 cm³/mol. The minimum atomic E-state index is -0.0542. The van der Waals surface area contributed by atoms with E-state index in [4.69, 9.17) is 43.0 Å². The van der Waals surface area contributed by atoms with Crippen molar-refractivity contribution in [3.05, 3.63) is 0 Å². The van der Waals surface area contributed by atoms with E-state index in [-0.39, 0.29) is 48.8 Å². The molecule has 10 unspecified atom stereocenters. The molecular weight excluding hydrogens is 834 g/mol. The molecule has 44 heavy (non-hydrogen) atoms. The molecule has 1 radical (unpaired) electrons. The van der Waals surface area contributed by atoms with Crippen LogP contribution in [0.1, 0.15) is 64.7 Å². The van der Waals surface area contributed by atoms with Gasteiger partial charge in [-0.25, -0.2) is 0 Å². The van der Waals surface area contributed by atoms with Gasteiger partial charge in [-0.3, -0.25) is 0 Å². The van der Waals surface area contributed by atoms with Gasteiger partial charge in [-0.05, 0) is 32.1 Å². The van der Waals surface area contributed by atoms with Crippen molar-refractivity contribution in [1.82, 2.24) is 0 Å². The van der Waals surface area contributed by atoms with Gasteiger partial charge in [0.15, 0.2) is 0 Å². The van der Waals surface area contributed by atoms with Crippen LogP contribution in [0, 0.1) is 11.8 Å². The Bertz CT molecular complexity index is 602. The van der Waals surface area contributed by atoms with Crippen molar-refractivity contribution < 1.29 is 47.7 Å². The number of aliphatic hydroxyl groups is 1. The molecule has 4 bridgehead atoms. The summed E-state index contributed by atoms with van der Waals surface area (Å²) in [5.41, 5.74) is 0. The van der Waals surface area contributed by atoms with Gasteiger partial charge in [0.2, 0.25) is 0 Å². The summed E-state index contributed by atoms with van der Waals surface area (Å²) in [7, 11) is 11.3. The van der Waals surface area contributed by atoms with Crippen molar-refractivity contribution in [3.63, 3.8) is 0 Å². The zero-order chi connectivity index (χ0) is 32.0. The van der Waals surface area contributed by atoms with Gasteiger partial charge in [0.1, 0.15) is 24.4 Å². The first-order valence-corrected chi connectivity index (χ1v) is 16.7. The van der Waals surface area contributed by atoms with Crippen LogP contribution in [0.3, 0.4) is 0 Å². The Morgan fingerprint density at radius 3 is 1.36 bits per heavy atom. The molecule has 0 saturated carbocycles. The van der Waals surface area contributed by atoms with Crippen molar-refractivity contribution in [3.8, 4) is 0 Å². The third kappa shape index (κ3) is 13.0. The second-order valence-electron chi connectivity index (χ2n) is 11.4. The van der Waals surface area contributed by atoms with E-state index in [0.717, 1.165) is 58.2 Å². The fourth-order valence-corrected chi connectivity index (χ4v) is 7.15. The van der Waals surface area contributed by atoms with E-state index in [1.54, 1.807) is 42.7 Å². The quantitative estimate of drug-likeness (QED) is 0.378. The van der Waals surface area contributed by atoms with E-state index in [9.17, 15) is 0 Å². The molecule has 6 rings (SSSR count). The summed E-state index contributed by atoms with van der Waals surface area (Å²) in [4.78, 5) is 0. The molecule has 0 aliphatic carbocycles. The number of fused-ring (bicyclic) bond motifs is 16. The number of hydrogen-bond acceptors (Lipinski definition) is 11. The van der Waals surface area contributed by atoms with Crippen molar-refractivity contribution in [2.75, 3.05) is 81.9 Å². The number of hydrogen-bond donors (Lipinski definition) is 2. The van der Waals surface area contributed by atoms with Crippen LogP contribution in [0.15, 0.2) is 0 Å². The Morgan fingerprint density at radius 2 is 1.00 bits per heavy atom. The molecular formula is C32H64MdO10S. The zero-order valence-corrected chi connectivity index (χ0v) is 31.7. The minimum Gasteiger partial charge on any atom is -0.400 e. The van der Waals surface area contributed by atoms with Gasteiger partial charge < -0.3 is 47.7 Å². The number of rotatable bonds is 6. The van der Waals surface area contributed by atoms with Crippen molar-refractivity contribution in [2.45, 2.75) is 114 Å². The Morgan fingerprint density at radius 1 is 0.614 bits per heavy atom. The molecule has 10 atom stereocenters. The van der Waals surface area contributed by atoms with E-state index in [2.05, 4.69) is 24.3 Å². The van der Waals surface area contributed by atoms with E-state index in [1.165, 1.54) is 25.7 Å². The molecule has 0 aromatic heterocycles. The van der Waals surface area contributed by atoms with Crippen LogP contribution in [-0.4, -0.2) is 136 Å². The van der Waals surface area contributed by atoms with E-state index < -0.39 is 0 Å². The fourth-order valence-electron chi connectivity index (χ4n) is 6.80. The van der Waals surface area contributed by atoms with Crippen LogP contribution >= 0.6 is 12.6 Å². The van der Waals surface area contributed by atoms with Crippen LogP contribution in [0.5, 0.6) is 0 Å². The first kappa shape index (κ1) is 43.0. The summed E-state index contributed by atoms with van der Waals surface area (Å²) in [5.74, 6) is 1.52. The summed E-state index contributed by atoms with van der Waals surface area (Å²) in [6, 6.07) is 0. The molecule has 6 aliphatic rings. The summed E-state index contributed by atoms with van der Waals surface area (Å²) in [6.07, 6.45) is 10.9. The molecule has 0 amide bonds. The van der Waals surface area contributed by atoms with Crippen molar-refractivity contribution >= 4 is 12.6 Å². The molecule has 271 valence electrons. The normalized spacial score (nSPS) is 35.9. The van der Waals surface area contributed by atoms with Gasteiger partial charge in [0.25, 0.3) is 0 Å². The first-order valence-electron chi connectivity index (χ1n) is 16.1. The number of aliphatic hydroxyl groups excluding tert-OH is 1. The van der Waals surface area contributed by atoms with Gasteiger partial charge in [-0.1, -0.05) is 32.6 Å². The second kappa shape index (κ2) is 26.1.